The third kappa shape index (κ3) is 4.24. The Bertz CT molecular complexity index is 1330. The van der Waals surface area contributed by atoms with Crippen molar-refractivity contribution in [3.63, 3.8) is 0 Å². The van der Waals surface area contributed by atoms with Crippen LogP contribution >= 0.6 is 23.2 Å². The van der Waals surface area contributed by atoms with Gasteiger partial charge in [-0.15, -0.1) is 0 Å². The number of hydrazone groups is 1. The molecule has 0 bridgehead atoms. The third-order valence-corrected chi connectivity index (χ3v) is 8.47. The van der Waals surface area contributed by atoms with Gasteiger partial charge >= 0.3 is 0 Å². The van der Waals surface area contributed by atoms with Crippen LogP contribution < -0.4 is 5.43 Å². The van der Waals surface area contributed by atoms with Crippen molar-refractivity contribution in [2.45, 2.75) is 23.1 Å². The molecule has 2 aliphatic rings. The van der Waals surface area contributed by atoms with Crippen molar-refractivity contribution in [3.8, 4) is 0 Å². The fourth-order valence-corrected chi connectivity index (χ4v) is 6.25. The van der Waals surface area contributed by atoms with Gasteiger partial charge in [-0.05, 0) is 35.4 Å². The Balaban J connectivity index is 1.49. The molecule has 6 nitrogen and oxygen atoms in total. The minimum atomic E-state index is -3.83. The summed E-state index contributed by atoms with van der Waals surface area (Å²) in [6.45, 7) is 0. The van der Waals surface area contributed by atoms with Gasteiger partial charge in [0.15, 0.2) is 26.6 Å². The summed E-state index contributed by atoms with van der Waals surface area (Å²) in [6, 6.07) is 23.3. The molecule has 5 rings (SSSR count). The van der Waals surface area contributed by atoms with E-state index in [4.69, 9.17) is 28.0 Å². The summed E-state index contributed by atoms with van der Waals surface area (Å²) >= 11 is 12.0. The highest BCUT2D eigenvalue weighted by atomic mass is 35.5. The lowest BCUT2D eigenvalue weighted by Crippen LogP contribution is -2.43. The molecule has 2 aliphatic heterocycles. The van der Waals surface area contributed by atoms with Crippen molar-refractivity contribution in [1.29, 1.82) is 0 Å². The summed E-state index contributed by atoms with van der Waals surface area (Å²) in [5, 5.41) is 7.74. The van der Waals surface area contributed by atoms with Gasteiger partial charge in [-0.3, -0.25) is 5.43 Å². The molecule has 0 fully saturated rings. The number of benzene rings is 3. The van der Waals surface area contributed by atoms with Crippen LogP contribution in [0.2, 0.25) is 10.0 Å². The molecule has 3 aromatic rings. The largest absolute Gasteiger partial charge is 0.385 e. The molecule has 0 saturated carbocycles. The van der Waals surface area contributed by atoms with Crippen LogP contribution in [0.25, 0.3) is 0 Å². The average molecular weight is 500 g/mol. The Morgan fingerprint density at radius 1 is 0.848 bits per heavy atom. The summed E-state index contributed by atoms with van der Waals surface area (Å²) in [7, 11) is -3.83. The minimum Gasteiger partial charge on any atom is -0.385 e. The van der Waals surface area contributed by atoms with Crippen LogP contribution in [-0.4, -0.2) is 30.5 Å². The number of hydrogen-bond acceptors (Lipinski definition) is 6. The van der Waals surface area contributed by atoms with Gasteiger partial charge < -0.3 is 4.84 Å². The summed E-state index contributed by atoms with van der Waals surface area (Å²) in [4.78, 5) is 5.72. The van der Waals surface area contributed by atoms with Gasteiger partial charge in [0.2, 0.25) is 0 Å². The topological polar surface area (TPSA) is 80.1 Å². The van der Waals surface area contributed by atoms with Gasteiger partial charge in [-0.25, -0.2) is 8.42 Å². The zero-order valence-electron chi connectivity index (χ0n) is 17.2. The molecule has 0 amide bonds. The molecule has 9 heteroatoms. The Kier molecular flexibility index (Phi) is 5.86. The van der Waals surface area contributed by atoms with Gasteiger partial charge in [-0.2, -0.15) is 5.10 Å². The first kappa shape index (κ1) is 21.9. The molecule has 0 aliphatic carbocycles. The molecule has 168 valence electrons. The van der Waals surface area contributed by atoms with Crippen molar-refractivity contribution in [2.75, 3.05) is 0 Å². The maximum Gasteiger partial charge on any atom is 0.185 e. The first-order valence-corrected chi connectivity index (χ1v) is 12.7. The summed E-state index contributed by atoms with van der Waals surface area (Å²) in [5.74, 6) is 0. The average Bonchev–Trinajstić information content (AvgIpc) is 3.50. The fraction of sp³-hybridized carbons (Fsp3) is 0.167. The maximum atomic E-state index is 14.0. The highest BCUT2D eigenvalue weighted by molar-refractivity contribution is 7.93. The van der Waals surface area contributed by atoms with Crippen LogP contribution in [0.15, 0.2) is 89.1 Å². The van der Waals surface area contributed by atoms with E-state index in [0.717, 1.165) is 11.1 Å². The van der Waals surface area contributed by atoms with E-state index in [0.29, 0.717) is 27.0 Å². The van der Waals surface area contributed by atoms with Crippen LogP contribution in [0.1, 0.15) is 29.2 Å². The molecule has 0 radical (unpaired) electrons. The van der Waals surface area contributed by atoms with Gasteiger partial charge in [0.25, 0.3) is 0 Å². The number of nitrogens with one attached hydrogen (secondary N) is 1. The molecule has 0 aromatic heterocycles. The summed E-state index contributed by atoms with van der Waals surface area (Å²) in [6.07, 6.45) is -0.557. The quantitative estimate of drug-likeness (QED) is 0.536. The van der Waals surface area contributed by atoms with Crippen molar-refractivity contribution >= 4 is 44.5 Å². The van der Waals surface area contributed by atoms with Gasteiger partial charge in [0.1, 0.15) is 5.71 Å². The second kappa shape index (κ2) is 8.82. The molecular formula is C24H19Cl2N3O3S. The molecule has 0 spiro atoms. The second-order valence-corrected chi connectivity index (χ2v) is 10.9. The van der Waals surface area contributed by atoms with E-state index >= 15 is 0 Å². The van der Waals surface area contributed by atoms with E-state index in [1.165, 1.54) is 0 Å². The smallest absolute Gasteiger partial charge is 0.185 e. The van der Waals surface area contributed by atoms with E-state index in [9.17, 15) is 8.42 Å². The number of sulfone groups is 1. The Morgan fingerprint density at radius 2 is 1.45 bits per heavy atom. The minimum absolute atomic E-state index is 0.218. The fourth-order valence-electron chi connectivity index (χ4n) is 4.02. The maximum absolute atomic E-state index is 14.0. The number of hydrogen-bond donors (Lipinski definition) is 1. The number of rotatable bonds is 5. The van der Waals surface area contributed by atoms with E-state index < -0.39 is 26.6 Å². The van der Waals surface area contributed by atoms with Crippen molar-refractivity contribution in [2.24, 2.45) is 10.3 Å². The Hall–Kier alpha value is -2.87. The normalized spacial score (nSPS) is 22.3. The lowest BCUT2D eigenvalue weighted by Gasteiger charge is -2.23. The van der Waals surface area contributed by atoms with Gasteiger partial charge in [0, 0.05) is 22.0 Å². The number of halogens is 2. The molecule has 2 heterocycles. The standard InChI is InChI=1S/C24H19Cl2N3O3S/c25-18-10-6-15(7-11-18)20-14-21(28-27-20)33(30,31)24-22(16-8-12-19(26)13-9-16)29-32-23(24)17-4-2-1-3-5-17/h1-13,21,23-24,28H,14H2. The second-order valence-electron chi connectivity index (χ2n) is 7.82. The molecule has 0 saturated heterocycles. The van der Waals surface area contributed by atoms with Crippen molar-refractivity contribution < 1.29 is 13.3 Å². The molecule has 1 N–H and O–H groups in total. The molecule has 3 unspecified atom stereocenters. The predicted molar refractivity (Wildman–Crippen MR) is 130 cm³/mol. The number of nitrogens with zero attached hydrogens (tertiary/aromatic N) is 2. The van der Waals surface area contributed by atoms with Crippen LogP contribution in [0.5, 0.6) is 0 Å². The third-order valence-electron chi connectivity index (χ3n) is 5.73. The SMILES string of the molecule is O=S(=O)(C1CC(c2ccc(Cl)cc2)=NN1)C1C(c2ccc(Cl)cc2)=NOC1c1ccccc1. The van der Waals surface area contributed by atoms with Crippen LogP contribution in [0.3, 0.4) is 0 Å². The Morgan fingerprint density at radius 3 is 2.09 bits per heavy atom. The van der Waals surface area contributed by atoms with Crippen molar-refractivity contribution in [1.82, 2.24) is 5.43 Å². The highest BCUT2D eigenvalue weighted by Crippen LogP contribution is 2.37. The van der Waals surface area contributed by atoms with E-state index in [1.807, 2.05) is 42.5 Å². The molecular weight excluding hydrogens is 481 g/mol. The lowest BCUT2D eigenvalue weighted by atomic mass is 10.00. The first-order valence-electron chi connectivity index (χ1n) is 10.3. The summed E-state index contributed by atoms with van der Waals surface area (Å²) in [5.41, 5.74) is 6.02. The van der Waals surface area contributed by atoms with Crippen LogP contribution in [0, 0.1) is 0 Å². The van der Waals surface area contributed by atoms with E-state index in [1.54, 1.807) is 36.4 Å². The van der Waals surface area contributed by atoms with Crippen LogP contribution in [-0.2, 0) is 14.7 Å². The van der Waals surface area contributed by atoms with Crippen molar-refractivity contribution in [3.05, 3.63) is 106 Å². The summed E-state index contributed by atoms with van der Waals surface area (Å²) < 4.78 is 27.9. The Labute approximate surface area is 201 Å². The van der Waals surface area contributed by atoms with Gasteiger partial charge in [0.05, 0.1) is 5.71 Å². The molecule has 33 heavy (non-hydrogen) atoms. The van der Waals surface area contributed by atoms with Gasteiger partial charge in [-0.1, -0.05) is 83.0 Å². The monoisotopic (exact) mass is 499 g/mol. The zero-order chi connectivity index (χ0) is 23.0. The molecule has 3 atom stereocenters. The molecule has 3 aromatic carbocycles. The lowest BCUT2D eigenvalue weighted by molar-refractivity contribution is 0.0869. The van der Waals surface area contributed by atoms with E-state index in [-0.39, 0.29) is 6.42 Å². The predicted octanol–water partition coefficient (Wildman–Crippen LogP) is 4.98. The number of oxime groups is 1. The van der Waals surface area contributed by atoms with E-state index in [2.05, 4.69) is 15.7 Å². The zero-order valence-corrected chi connectivity index (χ0v) is 19.6. The first-order chi connectivity index (χ1) is 15.9. The van der Waals surface area contributed by atoms with Crippen LogP contribution in [0.4, 0.5) is 0 Å². The highest BCUT2D eigenvalue weighted by Gasteiger charge is 2.49.